The molecule has 0 radical (unpaired) electrons. The molecule has 1 amide bonds. The first kappa shape index (κ1) is 19.9. The normalized spacial score (nSPS) is 11.2. The Morgan fingerprint density at radius 2 is 1.85 bits per heavy atom. The lowest BCUT2D eigenvalue weighted by Crippen LogP contribution is -2.42. The molecule has 140 valence electrons. The maximum atomic E-state index is 12.5. The van der Waals surface area contributed by atoms with E-state index in [0.717, 1.165) is 17.7 Å². The minimum atomic E-state index is -0.0548. The van der Waals surface area contributed by atoms with Gasteiger partial charge in [0.25, 0.3) is 5.91 Å². The summed E-state index contributed by atoms with van der Waals surface area (Å²) in [7, 11) is 1.59. The molecule has 0 aliphatic heterocycles. The molecule has 5 heteroatoms. The van der Waals surface area contributed by atoms with Gasteiger partial charge >= 0.3 is 0 Å². The van der Waals surface area contributed by atoms with E-state index < -0.39 is 0 Å². The van der Waals surface area contributed by atoms with Gasteiger partial charge in [0.05, 0.1) is 7.11 Å². The Bertz CT molecular complexity index is 703. The Hall–Kier alpha value is -2.40. The highest BCUT2D eigenvalue weighted by molar-refractivity contribution is 5.95. The van der Waals surface area contributed by atoms with Crippen molar-refractivity contribution < 1.29 is 9.53 Å². The second-order valence-corrected chi connectivity index (χ2v) is 6.85. The van der Waals surface area contributed by atoms with Crippen LogP contribution >= 0.6 is 0 Å². The highest BCUT2D eigenvalue weighted by Gasteiger charge is 2.13. The number of benzene rings is 1. The number of aromatic nitrogens is 1. The van der Waals surface area contributed by atoms with Crippen LogP contribution in [-0.4, -0.2) is 48.1 Å². The second kappa shape index (κ2) is 9.34. The van der Waals surface area contributed by atoms with Crippen molar-refractivity contribution in [3.8, 4) is 17.0 Å². The summed E-state index contributed by atoms with van der Waals surface area (Å²) in [6, 6.07) is 12.2. The van der Waals surface area contributed by atoms with Gasteiger partial charge in [-0.3, -0.25) is 9.69 Å². The Kier molecular flexibility index (Phi) is 7.16. The van der Waals surface area contributed by atoms with E-state index >= 15 is 0 Å². The fourth-order valence-corrected chi connectivity index (χ4v) is 3.03. The molecule has 0 atom stereocenters. The maximum absolute atomic E-state index is 12.5. The van der Waals surface area contributed by atoms with Gasteiger partial charge in [0.2, 0.25) is 5.88 Å². The van der Waals surface area contributed by atoms with Crippen molar-refractivity contribution in [2.45, 2.75) is 39.8 Å². The summed E-state index contributed by atoms with van der Waals surface area (Å²) in [5.74, 6) is 0.517. The Balaban J connectivity index is 2.01. The Morgan fingerprint density at radius 1 is 1.12 bits per heavy atom. The van der Waals surface area contributed by atoms with Gasteiger partial charge in [-0.1, -0.05) is 12.1 Å². The smallest absolute Gasteiger partial charge is 0.251 e. The van der Waals surface area contributed by atoms with E-state index in [2.05, 4.69) is 42.9 Å². The molecule has 0 bridgehead atoms. The van der Waals surface area contributed by atoms with Crippen LogP contribution in [0.1, 0.15) is 38.1 Å². The van der Waals surface area contributed by atoms with Crippen molar-refractivity contribution in [3.63, 3.8) is 0 Å². The third kappa shape index (κ3) is 5.30. The fraction of sp³-hybridized carbons (Fsp3) is 0.429. The quantitative estimate of drug-likeness (QED) is 0.786. The highest BCUT2D eigenvalue weighted by atomic mass is 16.5. The topological polar surface area (TPSA) is 54.5 Å². The number of ether oxygens (including phenoxy) is 1. The van der Waals surface area contributed by atoms with E-state index in [1.807, 2.05) is 36.4 Å². The molecular weight excluding hydrogens is 326 g/mol. The molecule has 0 fully saturated rings. The molecule has 2 aromatic rings. The van der Waals surface area contributed by atoms with Gasteiger partial charge in [0, 0.05) is 48.6 Å². The van der Waals surface area contributed by atoms with E-state index in [0.29, 0.717) is 30.1 Å². The van der Waals surface area contributed by atoms with Crippen LogP contribution in [0.2, 0.25) is 0 Å². The average Bonchev–Trinajstić information content (AvgIpc) is 2.64. The van der Waals surface area contributed by atoms with Crippen molar-refractivity contribution in [2.75, 3.05) is 20.2 Å². The first-order chi connectivity index (χ1) is 12.4. The molecule has 2 rings (SSSR count). The van der Waals surface area contributed by atoms with Crippen molar-refractivity contribution >= 4 is 5.91 Å². The van der Waals surface area contributed by atoms with E-state index in [-0.39, 0.29) is 5.91 Å². The lowest BCUT2D eigenvalue weighted by Gasteiger charge is -2.30. The van der Waals surface area contributed by atoms with E-state index in [1.165, 1.54) is 0 Å². The van der Waals surface area contributed by atoms with E-state index in [1.54, 1.807) is 13.3 Å². The SMILES string of the molecule is COc1ccc(-c2cccc(C(=O)NCCN(C(C)C)C(C)C)c2)cn1. The molecule has 26 heavy (non-hydrogen) atoms. The van der Waals surface area contributed by atoms with Gasteiger partial charge in [-0.05, 0) is 51.5 Å². The second-order valence-electron chi connectivity index (χ2n) is 6.85. The third-order valence-electron chi connectivity index (χ3n) is 4.39. The number of amides is 1. The van der Waals surface area contributed by atoms with Gasteiger partial charge in [0.15, 0.2) is 0 Å². The zero-order chi connectivity index (χ0) is 19.1. The zero-order valence-electron chi connectivity index (χ0n) is 16.3. The molecule has 0 spiro atoms. The van der Waals surface area contributed by atoms with Crippen LogP contribution in [0.15, 0.2) is 42.6 Å². The van der Waals surface area contributed by atoms with Crippen LogP contribution in [0.25, 0.3) is 11.1 Å². The summed E-state index contributed by atoms with van der Waals surface area (Å²) in [6.07, 6.45) is 1.75. The first-order valence-corrected chi connectivity index (χ1v) is 9.06. The van der Waals surface area contributed by atoms with Crippen LogP contribution in [0.5, 0.6) is 5.88 Å². The summed E-state index contributed by atoms with van der Waals surface area (Å²) in [5.41, 5.74) is 2.56. The van der Waals surface area contributed by atoms with Crippen LogP contribution in [-0.2, 0) is 0 Å². The molecule has 0 aliphatic rings. The van der Waals surface area contributed by atoms with Crippen LogP contribution < -0.4 is 10.1 Å². The molecule has 1 N–H and O–H groups in total. The lowest BCUT2D eigenvalue weighted by molar-refractivity contribution is 0.0939. The lowest BCUT2D eigenvalue weighted by atomic mass is 10.0. The minimum absolute atomic E-state index is 0.0548. The van der Waals surface area contributed by atoms with Crippen molar-refractivity contribution in [2.24, 2.45) is 0 Å². The molecule has 1 aromatic carbocycles. The van der Waals surface area contributed by atoms with Crippen LogP contribution in [0.3, 0.4) is 0 Å². The number of pyridine rings is 1. The zero-order valence-corrected chi connectivity index (χ0v) is 16.3. The van der Waals surface area contributed by atoms with E-state index in [4.69, 9.17) is 4.74 Å². The van der Waals surface area contributed by atoms with Crippen LogP contribution in [0.4, 0.5) is 0 Å². The number of nitrogens with zero attached hydrogens (tertiary/aromatic N) is 2. The molecule has 0 saturated heterocycles. The third-order valence-corrected chi connectivity index (χ3v) is 4.39. The largest absolute Gasteiger partial charge is 0.481 e. The van der Waals surface area contributed by atoms with Gasteiger partial charge in [-0.25, -0.2) is 4.98 Å². The predicted molar refractivity (Wildman–Crippen MR) is 106 cm³/mol. The number of carbonyl (C=O) groups is 1. The number of hydrogen-bond donors (Lipinski definition) is 1. The average molecular weight is 355 g/mol. The predicted octanol–water partition coefficient (Wildman–Crippen LogP) is 3.61. The maximum Gasteiger partial charge on any atom is 0.251 e. The summed E-state index contributed by atoms with van der Waals surface area (Å²) >= 11 is 0. The summed E-state index contributed by atoms with van der Waals surface area (Å²) in [5, 5.41) is 3.02. The van der Waals surface area contributed by atoms with Crippen molar-refractivity contribution in [1.82, 2.24) is 15.2 Å². The minimum Gasteiger partial charge on any atom is -0.481 e. The summed E-state index contributed by atoms with van der Waals surface area (Å²) in [4.78, 5) is 19.1. The number of methoxy groups -OCH3 is 1. The molecule has 1 heterocycles. The summed E-state index contributed by atoms with van der Waals surface area (Å²) < 4.78 is 5.08. The highest BCUT2D eigenvalue weighted by Crippen LogP contribution is 2.21. The first-order valence-electron chi connectivity index (χ1n) is 9.06. The summed E-state index contributed by atoms with van der Waals surface area (Å²) in [6.45, 7) is 10.2. The number of carbonyl (C=O) groups excluding carboxylic acids is 1. The molecule has 5 nitrogen and oxygen atoms in total. The number of nitrogens with one attached hydrogen (secondary N) is 1. The van der Waals surface area contributed by atoms with Crippen molar-refractivity contribution in [1.29, 1.82) is 0 Å². The Morgan fingerprint density at radius 3 is 2.42 bits per heavy atom. The molecule has 0 saturated carbocycles. The molecule has 0 aliphatic carbocycles. The molecule has 0 unspecified atom stereocenters. The van der Waals surface area contributed by atoms with Gasteiger partial charge in [-0.2, -0.15) is 0 Å². The molecular formula is C21H29N3O2. The monoisotopic (exact) mass is 355 g/mol. The fourth-order valence-electron chi connectivity index (χ4n) is 3.03. The number of hydrogen-bond acceptors (Lipinski definition) is 4. The van der Waals surface area contributed by atoms with E-state index in [9.17, 15) is 4.79 Å². The van der Waals surface area contributed by atoms with Gasteiger partial charge < -0.3 is 10.1 Å². The van der Waals surface area contributed by atoms with Crippen LogP contribution in [0, 0.1) is 0 Å². The van der Waals surface area contributed by atoms with Gasteiger partial charge in [-0.15, -0.1) is 0 Å². The standard InChI is InChI=1S/C21H29N3O2/c1-15(2)24(16(3)4)12-11-22-21(25)18-8-6-7-17(13-18)19-9-10-20(26-5)23-14-19/h6-10,13-16H,11-12H2,1-5H3,(H,22,25). The molecule has 1 aromatic heterocycles. The Labute approximate surface area is 156 Å². The van der Waals surface area contributed by atoms with Crippen molar-refractivity contribution in [3.05, 3.63) is 48.2 Å². The van der Waals surface area contributed by atoms with Gasteiger partial charge in [0.1, 0.15) is 0 Å². The number of rotatable bonds is 8.